The summed E-state index contributed by atoms with van der Waals surface area (Å²) in [4.78, 5) is 24.8. The molecular formula is C12H23BrN2O2. The summed E-state index contributed by atoms with van der Waals surface area (Å²) in [5, 5.41) is 2.76. The maximum atomic E-state index is 11.7. The molecule has 0 aliphatic rings. The molecule has 0 spiro atoms. The van der Waals surface area contributed by atoms with Crippen molar-refractivity contribution >= 4 is 27.7 Å². The molecule has 2 amide bonds. The van der Waals surface area contributed by atoms with E-state index in [0.29, 0.717) is 13.0 Å². The summed E-state index contributed by atoms with van der Waals surface area (Å²) in [6, 6.07) is 0. The Morgan fingerprint density at radius 2 is 1.76 bits per heavy atom. The van der Waals surface area contributed by atoms with E-state index in [1.807, 2.05) is 27.7 Å². The van der Waals surface area contributed by atoms with E-state index in [-0.39, 0.29) is 22.6 Å². The zero-order valence-corrected chi connectivity index (χ0v) is 12.7. The predicted molar refractivity (Wildman–Crippen MR) is 73.1 cm³/mol. The average molecular weight is 307 g/mol. The van der Waals surface area contributed by atoms with Gasteiger partial charge < -0.3 is 10.2 Å². The van der Waals surface area contributed by atoms with E-state index >= 15 is 0 Å². The Bertz CT molecular complexity index is 239. The van der Waals surface area contributed by atoms with Gasteiger partial charge in [-0.15, -0.1) is 0 Å². The third-order valence-electron chi connectivity index (χ3n) is 2.59. The summed E-state index contributed by atoms with van der Waals surface area (Å²) in [5.74, 6) is 0.284. The Morgan fingerprint density at radius 3 is 2.18 bits per heavy atom. The van der Waals surface area contributed by atoms with E-state index in [9.17, 15) is 9.59 Å². The van der Waals surface area contributed by atoms with Crippen LogP contribution in [0.25, 0.3) is 0 Å². The van der Waals surface area contributed by atoms with Gasteiger partial charge in [0.05, 0.1) is 4.83 Å². The molecular weight excluding hydrogens is 284 g/mol. The first-order chi connectivity index (χ1) is 7.93. The molecule has 4 nitrogen and oxygen atoms in total. The van der Waals surface area contributed by atoms with Crippen molar-refractivity contribution in [3.63, 3.8) is 0 Å². The van der Waals surface area contributed by atoms with Crippen LogP contribution < -0.4 is 5.32 Å². The lowest BCUT2D eigenvalue weighted by Crippen LogP contribution is -2.37. The highest BCUT2D eigenvalue weighted by molar-refractivity contribution is 9.10. The van der Waals surface area contributed by atoms with Crippen LogP contribution >= 0.6 is 15.9 Å². The number of nitrogens with zero attached hydrogens (tertiary/aromatic N) is 1. The smallest absolute Gasteiger partial charge is 0.234 e. The van der Waals surface area contributed by atoms with E-state index in [0.717, 1.165) is 13.1 Å². The molecule has 1 atom stereocenters. The molecule has 0 heterocycles. The number of hydrogen-bond donors (Lipinski definition) is 1. The molecule has 0 rings (SSSR count). The molecule has 1 N–H and O–H groups in total. The monoisotopic (exact) mass is 306 g/mol. The van der Waals surface area contributed by atoms with Crippen LogP contribution in [0.15, 0.2) is 0 Å². The van der Waals surface area contributed by atoms with Crippen LogP contribution in [-0.2, 0) is 9.59 Å². The van der Waals surface area contributed by atoms with Crippen molar-refractivity contribution in [2.24, 2.45) is 5.92 Å². The van der Waals surface area contributed by atoms with Crippen molar-refractivity contribution in [3.05, 3.63) is 0 Å². The maximum absolute atomic E-state index is 11.7. The first-order valence-electron chi connectivity index (χ1n) is 6.13. The molecule has 17 heavy (non-hydrogen) atoms. The fourth-order valence-electron chi connectivity index (χ4n) is 1.43. The number of alkyl halides is 1. The molecule has 1 unspecified atom stereocenters. The van der Waals surface area contributed by atoms with Gasteiger partial charge in [-0.25, -0.2) is 0 Å². The number of rotatable bonds is 7. The number of amides is 2. The van der Waals surface area contributed by atoms with Crippen molar-refractivity contribution in [1.82, 2.24) is 10.2 Å². The van der Waals surface area contributed by atoms with Gasteiger partial charge in [-0.3, -0.25) is 9.59 Å². The van der Waals surface area contributed by atoms with Crippen LogP contribution in [0, 0.1) is 5.92 Å². The van der Waals surface area contributed by atoms with Gasteiger partial charge in [0.2, 0.25) is 11.8 Å². The van der Waals surface area contributed by atoms with Crippen molar-refractivity contribution in [3.8, 4) is 0 Å². The minimum Gasteiger partial charge on any atom is -0.355 e. The van der Waals surface area contributed by atoms with Crippen molar-refractivity contribution < 1.29 is 9.59 Å². The third kappa shape index (κ3) is 6.05. The zero-order chi connectivity index (χ0) is 13.4. The highest BCUT2D eigenvalue weighted by Crippen LogP contribution is 2.11. The molecule has 0 fully saturated rings. The lowest BCUT2D eigenvalue weighted by Gasteiger charge is -2.19. The fourth-order valence-corrected chi connectivity index (χ4v) is 1.59. The summed E-state index contributed by atoms with van der Waals surface area (Å²) >= 11 is 3.32. The molecule has 0 saturated heterocycles. The van der Waals surface area contributed by atoms with Crippen LogP contribution in [0.1, 0.15) is 34.1 Å². The topological polar surface area (TPSA) is 49.4 Å². The minimum atomic E-state index is -0.189. The molecule has 0 aromatic rings. The number of carbonyl (C=O) groups excluding carboxylic acids is 2. The second kappa shape index (κ2) is 8.50. The second-order valence-corrected chi connectivity index (χ2v) is 5.24. The van der Waals surface area contributed by atoms with Crippen molar-refractivity contribution in [2.45, 2.75) is 38.9 Å². The summed E-state index contributed by atoms with van der Waals surface area (Å²) in [6.45, 7) is 9.69. The first-order valence-corrected chi connectivity index (χ1v) is 7.05. The number of nitrogens with one attached hydrogen (secondary N) is 1. The van der Waals surface area contributed by atoms with Gasteiger partial charge >= 0.3 is 0 Å². The molecule has 100 valence electrons. The summed E-state index contributed by atoms with van der Waals surface area (Å²) in [5.41, 5.74) is 0. The van der Waals surface area contributed by atoms with Crippen molar-refractivity contribution in [1.29, 1.82) is 0 Å². The van der Waals surface area contributed by atoms with E-state index in [4.69, 9.17) is 0 Å². The van der Waals surface area contributed by atoms with Crippen LogP contribution in [0.4, 0.5) is 0 Å². The van der Waals surface area contributed by atoms with Crippen LogP contribution in [0.5, 0.6) is 0 Å². The lowest BCUT2D eigenvalue weighted by molar-refractivity contribution is -0.130. The molecule has 5 heteroatoms. The summed E-state index contributed by atoms with van der Waals surface area (Å²) in [7, 11) is 0. The predicted octanol–water partition coefficient (Wildman–Crippen LogP) is 1.78. The van der Waals surface area contributed by atoms with Gasteiger partial charge in [0, 0.05) is 26.1 Å². The van der Waals surface area contributed by atoms with Gasteiger partial charge in [-0.2, -0.15) is 0 Å². The number of hydrogen-bond acceptors (Lipinski definition) is 2. The van der Waals surface area contributed by atoms with E-state index in [2.05, 4.69) is 21.2 Å². The van der Waals surface area contributed by atoms with Gasteiger partial charge in [0.25, 0.3) is 0 Å². The second-order valence-electron chi connectivity index (χ2n) is 4.25. The summed E-state index contributed by atoms with van der Waals surface area (Å²) < 4.78 is 0. The zero-order valence-electron chi connectivity index (χ0n) is 11.1. The maximum Gasteiger partial charge on any atom is 0.234 e. The molecule has 0 saturated carbocycles. The fraction of sp³-hybridized carbons (Fsp3) is 0.833. The largest absolute Gasteiger partial charge is 0.355 e. The van der Waals surface area contributed by atoms with Gasteiger partial charge in [-0.05, 0) is 19.8 Å². The molecule has 0 aliphatic heterocycles. The Hall–Kier alpha value is -0.580. The van der Waals surface area contributed by atoms with Crippen LogP contribution in [-0.4, -0.2) is 41.2 Å². The Kier molecular flexibility index (Phi) is 8.21. The highest BCUT2D eigenvalue weighted by atomic mass is 79.9. The molecule has 0 aromatic carbocycles. The Labute approximate surface area is 112 Å². The molecule has 0 radical (unpaired) electrons. The SMILES string of the molecule is CCN(CC)C(=O)CCNC(=O)C(Br)C(C)C. The number of carbonyl (C=O) groups is 2. The third-order valence-corrected chi connectivity index (χ3v) is 4.06. The Morgan fingerprint density at radius 1 is 1.24 bits per heavy atom. The van der Waals surface area contributed by atoms with E-state index in [1.165, 1.54) is 0 Å². The normalized spacial score (nSPS) is 12.4. The lowest BCUT2D eigenvalue weighted by atomic mass is 10.1. The minimum absolute atomic E-state index is 0.0488. The van der Waals surface area contributed by atoms with Gasteiger partial charge in [0.1, 0.15) is 0 Å². The van der Waals surface area contributed by atoms with E-state index in [1.54, 1.807) is 4.90 Å². The highest BCUT2D eigenvalue weighted by Gasteiger charge is 2.18. The van der Waals surface area contributed by atoms with Crippen LogP contribution in [0.3, 0.4) is 0 Å². The number of halogens is 1. The summed E-state index contributed by atoms with van der Waals surface area (Å²) in [6.07, 6.45) is 0.366. The quantitative estimate of drug-likeness (QED) is 0.729. The molecule has 0 aliphatic carbocycles. The first kappa shape index (κ1) is 16.4. The van der Waals surface area contributed by atoms with E-state index < -0.39 is 0 Å². The van der Waals surface area contributed by atoms with Gasteiger partial charge in [-0.1, -0.05) is 29.8 Å². The Balaban J connectivity index is 3.91. The van der Waals surface area contributed by atoms with Crippen LogP contribution in [0.2, 0.25) is 0 Å². The average Bonchev–Trinajstić information content (AvgIpc) is 2.29. The molecule has 0 bridgehead atoms. The molecule has 0 aromatic heterocycles. The van der Waals surface area contributed by atoms with Crippen molar-refractivity contribution in [2.75, 3.05) is 19.6 Å². The van der Waals surface area contributed by atoms with Gasteiger partial charge in [0.15, 0.2) is 0 Å². The standard InChI is InChI=1S/C12H23BrN2O2/c1-5-15(6-2)10(16)7-8-14-12(17)11(13)9(3)4/h9,11H,5-8H2,1-4H3,(H,14,17).